The summed E-state index contributed by atoms with van der Waals surface area (Å²) in [7, 11) is 1.61. The minimum Gasteiger partial charge on any atom is -0.497 e. The number of benzene rings is 1. The van der Waals surface area contributed by atoms with Gasteiger partial charge < -0.3 is 20.3 Å². The Morgan fingerprint density at radius 3 is 2.91 bits per heavy atom. The number of hydrogen-bond donors (Lipinski definition) is 2. The number of nitrogens with zero attached hydrogens (tertiary/aromatic N) is 1. The molecule has 0 aliphatic carbocycles. The fourth-order valence-corrected chi connectivity index (χ4v) is 3.25. The Morgan fingerprint density at radius 1 is 1.45 bits per heavy atom. The monoisotopic (exact) mass is 303 g/mol. The topological polar surface area (TPSA) is 70.7 Å². The first-order chi connectivity index (χ1) is 10.5. The molecule has 1 aromatic carbocycles. The molecule has 3 amide bonds. The molecule has 2 aliphatic rings. The highest BCUT2D eigenvalue weighted by Gasteiger charge is 2.52. The van der Waals surface area contributed by atoms with Gasteiger partial charge in [-0.1, -0.05) is 0 Å². The first kappa shape index (κ1) is 14.7. The zero-order chi connectivity index (χ0) is 15.9. The lowest BCUT2D eigenvalue weighted by Gasteiger charge is -2.23. The fourth-order valence-electron chi connectivity index (χ4n) is 3.25. The zero-order valence-electron chi connectivity index (χ0n) is 13.1. The van der Waals surface area contributed by atoms with Crippen LogP contribution in [0.15, 0.2) is 18.2 Å². The number of nitrogens with one attached hydrogen (secondary N) is 2. The summed E-state index contributed by atoms with van der Waals surface area (Å²) in [6.45, 7) is 4.82. The number of rotatable bonds is 2. The third-order valence-corrected chi connectivity index (χ3v) is 4.39. The van der Waals surface area contributed by atoms with Gasteiger partial charge in [0.1, 0.15) is 5.75 Å². The molecule has 0 unspecified atom stereocenters. The summed E-state index contributed by atoms with van der Waals surface area (Å²) in [5.74, 6) is 0.690. The van der Waals surface area contributed by atoms with Gasteiger partial charge in [-0.15, -0.1) is 0 Å². The second-order valence-electron chi connectivity index (χ2n) is 6.22. The first-order valence-corrected chi connectivity index (χ1v) is 7.52. The second-order valence-corrected chi connectivity index (χ2v) is 6.22. The standard InChI is InChI=1S/C16H21N3O3/c1-10(2)17-15(21)19-7-6-16(9-19)12-8-11(22-3)4-5-13(12)18-14(16)20/h4-5,8,10H,6-7,9H2,1-3H3,(H,17,21)(H,18,20)/t16-/m0/s1. The second kappa shape index (κ2) is 5.19. The molecular formula is C16H21N3O3. The molecule has 0 radical (unpaired) electrons. The molecule has 2 N–H and O–H groups in total. The molecule has 118 valence electrons. The molecule has 1 saturated heterocycles. The van der Waals surface area contributed by atoms with E-state index in [0.29, 0.717) is 19.5 Å². The van der Waals surface area contributed by atoms with Crippen molar-refractivity contribution < 1.29 is 14.3 Å². The van der Waals surface area contributed by atoms with Gasteiger partial charge in [0.25, 0.3) is 0 Å². The average molecular weight is 303 g/mol. The van der Waals surface area contributed by atoms with Gasteiger partial charge in [-0.3, -0.25) is 4.79 Å². The summed E-state index contributed by atoms with van der Waals surface area (Å²) < 4.78 is 5.27. The van der Waals surface area contributed by atoms with Gasteiger partial charge in [-0.05, 0) is 44.0 Å². The number of methoxy groups -OCH3 is 1. The molecule has 3 rings (SSSR count). The number of amides is 3. The minimum absolute atomic E-state index is 0.0319. The summed E-state index contributed by atoms with van der Waals surface area (Å²) >= 11 is 0. The van der Waals surface area contributed by atoms with E-state index in [1.54, 1.807) is 12.0 Å². The van der Waals surface area contributed by atoms with Crippen molar-refractivity contribution in [1.82, 2.24) is 10.2 Å². The normalized spacial score (nSPS) is 22.9. The Kier molecular flexibility index (Phi) is 3.47. The van der Waals surface area contributed by atoms with E-state index in [-0.39, 0.29) is 18.0 Å². The Hall–Kier alpha value is -2.24. The number of fused-ring (bicyclic) bond motifs is 2. The minimum atomic E-state index is -0.655. The van der Waals surface area contributed by atoms with Crippen LogP contribution in [0.5, 0.6) is 5.75 Å². The summed E-state index contributed by atoms with van der Waals surface area (Å²) in [5.41, 5.74) is 1.09. The lowest BCUT2D eigenvalue weighted by molar-refractivity contribution is -0.120. The van der Waals surface area contributed by atoms with Crippen molar-refractivity contribution in [2.24, 2.45) is 0 Å². The molecule has 1 fully saturated rings. The van der Waals surface area contributed by atoms with Crippen LogP contribution >= 0.6 is 0 Å². The molecule has 1 aromatic rings. The van der Waals surface area contributed by atoms with Crippen molar-refractivity contribution in [3.05, 3.63) is 23.8 Å². The number of carbonyl (C=O) groups is 2. The Morgan fingerprint density at radius 2 is 2.23 bits per heavy atom. The van der Waals surface area contributed by atoms with E-state index in [1.807, 2.05) is 32.0 Å². The maximum absolute atomic E-state index is 12.5. The van der Waals surface area contributed by atoms with Crippen LogP contribution in [0.4, 0.5) is 10.5 Å². The molecule has 2 heterocycles. The summed E-state index contributed by atoms with van der Waals surface area (Å²) in [6, 6.07) is 5.55. The summed E-state index contributed by atoms with van der Waals surface area (Å²) in [6.07, 6.45) is 0.629. The van der Waals surface area contributed by atoms with Gasteiger partial charge in [-0.25, -0.2) is 4.79 Å². The molecule has 2 aliphatic heterocycles. The average Bonchev–Trinajstić information content (AvgIpc) is 3.03. The van der Waals surface area contributed by atoms with Crippen LogP contribution in [0, 0.1) is 0 Å². The van der Waals surface area contributed by atoms with E-state index in [1.165, 1.54) is 0 Å². The first-order valence-electron chi connectivity index (χ1n) is 7.52. The third kappa shape index (κ3) is 2.19. The van der Waals surface area contributed by atoms with Crippen molar-refractivity contribution in [3.63, 3.8) is 0 Å². The SMILES string of the molecule is COc1ccc2c(c1)[C@@]1(CCN(C(=O)NC(C)C)C1)C(=O)N2. The maximum atomic E-state index is 12.5. The number of carbonyl (C=O) groups excluding carboxylic acids is 2. The van der Waals surface area contributed by atoms with Crippen molar-refractivity contribution in [3.8, 4) is 5.75 Å². The largest absolute Gasteiger partial charge is 0.497 e. The van der Waals surface area contributed by atoms with Crippen LogP contribution in [0.1, 0.15) is 25.8 Å². The van der Waals surface area contributed by atoms with E-state index < -0.39 is 5.41 Å². The lowest BCUT2D eigenvalue weighted by Crippen LogP contribution is -2.44. The zero-order valence-corrected chi connectivity index (χ0v) is 13.1. The highest BCUT2D eigenvalue weighted by molar-refractivity contribution is 6.07. The van der Waals surface area contributed by atoms with E-state index >= 15 is 0 Å². The Balaban J connectivity index is 1.89. The van der Waals surface area contributed by atoms with Crippen LogP contribution in [-0.4, -0.2) is 43.1 Å². The van der Waals surface area contributed by atoms with Gasteiger partial charge in [0.05, 0.1) is 12.5 Å². The lowest BCUT2D eigenvalue weighted by atomic mass is 9.81. The molecule has 1 spiro atoms. The quantitative estimate of drug-likeness (QED) is 0.874. The predicted molar refractivity (Wildman–Crippen MR) is 83.2 cm³/mol. The van der Waals surface area contributed by atoms with Crippen LogP contribution in [0.3, 0.4) is 0 Å². The Labute approximate surface area is 129 Å². The van der Waals surface area contributed by atoms with Gasteiger partial charge in [0.2, 0.25) is 5.91 Å². The molecule has 1 atom stereocenters. The third-order valence-electron chi connectivity index (χ3n) is 4.39. The summed E-state index contributed by atoms with van der Waals surface area (Å²) in [5, 5.41) is 5.81. The van der Waals surface area contributed by atoms with Crippen LogP contribution in [0.2, 0.25) is 0 Å². The fraction of sp³-hybridized carbons (Fsp3) is 0.500. The molecule has 22 heavy (non-hydrogen) atoms. The van der Waals surface area contributed by atoms with Crippen molar-refractivity contribution in [2.45, 2.75) is 31.7 Å². The smallest absolute Gasteiger partial charge is 0.317 e. The summed E-state index contributed by atoms with van der Waals surface area (Å²) in [4.78, 5) is 26.4. The van der Waals surface area contributed by atoms with E-state index in [4.69, 9.17) is 4.74 Å². The highest BCUT2D eigenvalue weighted by atomic mass is 16.5. The number of urea groups is 1. The van der Waals surface area contributed by atoms with Gasteiger partial charge in [0, 0.05) is 24.8 Å². The highest BCUT2D eigenvalue weighted by Crippen LogP contribution is 2.45. The molecule has 0 bridgehead atoms. The van der Waals surface area contributed by atoms with E-state index in [9.17, 15) is 9.59 Å². The van der Waals surface area contributed by atoms with Crippen LogP contribution in [0.25, 0.3) is 0 Å². The number of anilines is 1. The van der Waals surface area contributed by atoms with Gasteiger partial charge >= 0.3 is 6.03 Å². The van der Waals surface area contributed by atoms with Gasteiger partial charge in [-0.2, -0.15) is 0 Å². The molecular weight excluding hydrogens is 282 g/mol. The Bertz CT molecular complexity index is 629. The molecule has 0 saturated carbocycles. The molecule has 6 heteroatoms. The number of hydrogen-bond acceptors (Lipinski definition) is 3. The van der Waals surface area contributed by atoms with E-state index in [0.717, 1.165) is 17.0 Å². The van der Waals surface area contributed by atoms with Crippen LogP contribution < -0.4 is 15.4 Å². The number of ether oxygens (including phenoxy) is 1. The predicted octanol–water partition coefficient (Wildman–Crippen LogP) is 1.71. The number of likely N-dealkylation sites (tertiary alicyclic amines) is 1. The van der Waals surface area contributed by atoms with E-state index in [2.05, 4.69) is 10.6 Å². The van der Waals surface area contributed by atoms with Crippen molar-refractivity contribution in [1.29, 1.82) is 0 Å². The van der Waals surface area contributed by atoms with Crippen molar-refractivity contribution >= 4 is 17.6 Å². The van der Waals surface area contributed by atoms with Crippen LogP contribution in [-0.2, 0) is 10.2 Å². The van der Waals surface area contributed by atoms with Gasteiger partial charge in [0.15, 0.2) is 0 Å². The molecule has 6 nitrogen and oxygen atoms in total. The van der Waals surface area contributed by atoms with Crippen molar-refractivity contribution in [2.75, 3.05) is 25.5 Å². The maximum Gasteiger partial charge on any atom is 0.317 e. The molecule has 0 aromatic heterocycles.